The highest BCUT2D eigenvalue weighted by Gasteiger charge is 2.13. The number of aromatic nitrogens is 5. The van der Waals surface area contributed by atoms with Crippen LogP contribution in [0.1, 0.15) is 5.82 Å². The largest absolute Gasteiger partial charge is 0.459 e. The number of fused-ring (bicyclic) bond motifs is 1. The zero-order chi connectivity index (χ0) is 14.9. The summed E-state index contributed by atoms with van der Waals surface area (Å²) in [5.41, 5.74) is 0.600. The molecule has 0 unspecified atom stereocenters. The molecule has 0 spiro atoms. The van der Waals surface area contributed by atoms with Crippen LogP contribution in [-0.4, -0.2) is 24.7 Å². The quantitative estimate of drug-likeness (QED) is 0.564. The summed E-state index contributed by atoms with van der Waals surface area (Å²) < 4.78 is 11.7. The van der Waals surface area contributed by atoms with Crippen LogP contribution in [0.5, 0.6) is 0 Å². The maximum absolute atomic E-state index is 12.3. The van der Waals surface area contributed by atoms with Gasteiger partial charge >= 0.3 is 0 Å². The zero-order valence-electron chi connectivity index (χ0n) is 11.2. The lowest BCUT2D eigenvalue weighted by Gasteiger charge is -2.02. The molecular formula is C14H9N5O3. The first-order valence-electron chi connectivity index (χ1n) is 6.48. The van der Waals surface area contributed by atoms with E-state index >= 15 is 0 Å². The van der Waals surface area contributed by atoms with Crippen molar-refractivity contribution in [1.29, 1.82) is 0 Å². The third-order valence-corrected chi connectivity index (χ3v) is 3.10. The van der Waals surface area contributed by atoms with Gasteiger partial charge in [-0.1, -0.05) is 5.16 Å². The standard InChI is InChI=1S/C14H9N5O3/c20-14-12-9(3-1-5-15-12)16-8-19(14)7-11-17-13(22-18-11)10-4-2-6-21-10/h1-6,8H,7H2. The van der Waals surface area contributed by atoms with Crippen molar-refractivity contribution in [1.82, 2.24) is 24.7 Å². The Morgan fingerprint density at radius 3 is 3.00 bits per heavy atom. The van der Waals surface area contributed by atoms with Crippen molar-refractivity contribution in [2.45, 2.75) is 6.54 Å². The molecule has 108 valence electrons. The van der Waals surface area contributed by atoms with Crippen LogP contribution in [0.3, 0.4) is 0 Å². The van der Waals surface area contributed by atoms with Gasteiger partial charge in [-0.05, 0) is 24.3 Å². The Morgan fingerprint density at radius 1 is 1.18 bits per heavy atom. The Labute approximate surface area is 123 Å². The molecule has 0 aromatic carbocycles. The summed E-state index contributed by atoms with van der Waals surface area (Å²) >= 11 is 0. The lowest BCUT2D eigenvalue weighted by molar-refractivity contribution is 0.407. The second-order valence-electron chi connectivity index (χ2n) is 4.54. The third kappa shape index (κ3) is 2.06. The van der Waals surface area contributed by atoms with E-state index in [1.165, 1.54) is 17.2 Å². The van der Waals surface area contributed by atoms with Gasteiger partial charge in [-0.25, -0.2) is 9.97 Å². The van der Waals surface area contributed by atoms with Gasteiger partial charge in [0.1, 0.15) is 0 Å². The monoisotopic (exact) mass is 295 g/mol. The van der Waals surface area contributed by atoms with Crippen LogP contribution in [0.15, 0.2) is 56.8 Å². The molecular weight excluding hydrogens is 286 g/mol. The van der Waals surface area contributed by atoms with E-state index in [1.807, 2.05) is 0 Å². The molecule has 4 heterocycles. The topological polar surface area (TPSA) is 99.8 Å². The fraction of sp³-hybridized carbons (Fsp3) is 0.0714. The highest BCUT2D eigenvalue weighted by molar-refractivity contribution is 5.71. The van der Waals surface area contributed by atoms with E-state index in [0.717, 1.165) is 0 Å². The zero-order valence-corrected chi connectivity index (χ0v) is 11.2. The van der Waals surface area contributed by atoms with E-state index in [1.54, 1.807) is 30.5 Å². The van der Waals surface area contributed by atoms with E-state index in [9.17, 15) is 4.79 Å². The van der Waals surface area contributed by atoms with Crippen molar-refractivity contribution >= 4 is 11.0 Å². The van der Waals surface area contributed by atoms with Crippen molar-refractivity contribution in [2.75, 3.05) is 0 Å². The third-order valence-electron chi connectivity index (χ3n) is 3.10. The van der Waals surface area contributed by atoms with Gasteiger partial charge in [-0.3, -0.25) is 9.36 Å². The average molecular weight is 295 g/mol. The number of nitrogens with zero attached hydrogens (tertiary/aromatic N) is 5. The molecule has 0 saturated heterocycles. The summed E-state index contributed by atoms with van der Waals surface area (Å²) in [6, 6.07) is 6.90. The van der Waals surface area contributed by atoms with Crippen molar-refractivity contribution < 1.29 is 8.94 Å². The second kappa shape index (κ2) is 4.92. The molecule has 4 aromatic heterocycles. The summed E-state index contributed by atoms with van der Waals surface area (Å²) in [5, 5.41) is 3.83. The molecule has 0 radical (unpaired) electrons. The smallest absolute Gasteiger partial charge is 0.293 e. The van der Waals surface area contributed by atoms with Crippen LogP contribution < -0.4 is 5.56 Å². The van der Waals surface area contributed by atoms with E-state index in [0.29, 0.717) is 22.6 Å². The molecule has 4 rings (SSSR count). The van der Waals surface area contributed by atoms with Crippen LogP contribution in [0.2, 0.25) is 0 Å². The van der Waals surface area contributed by atoms with Gasteiger partial charge in [-0.15, -0.1) is 0 Å². The summed E-state index contributed by atoms with van der Waals surface area (Å²) in [5.74, 6) is 1.09. The Morgan fingerprint density at radius 2 is 2.14 bits per heavy atom. The molecule has 8 heteroatoms. The second-order valence-corrected chi connectivity index (χ2v) is 4.54. The molecule has 0 aliphatic rings. The number of furan rings is 1. The van der Waals surface area contributed by atoms with Crippen molar-refractivity contribution in [3.63, 3.8) is 0 Å². The minimum absolute atomic E-state index is 0.141. The number of rotatable bonds is 3. The lowest BCUT2D eigenvalue weighted by Crippen LogP contribution is -2.22. The van der Waals surface area contributed by atoms with Gasteiger partial charge in [0.2, 0.25) is 0 Å². The Bertz CT molecular complexity index is 987. The Balaban J connectivity index is 1.69. The van der Waals surface area contributed by atoms with E-state index < -0.39 is 0 Å². The minimum Gasteiger partial charge on any atom is -0.459 e. The van der Waals surface area contributed by atoms with Crippen LogP contribution in [0.25, 0.3) is 22.7 Å². The first kappa shape index (κ1) is 12.5. The maximum atomic E-state index is 12.3. The first-order valence-corrected chi connectivity index (χ1v) is 6.48. The maximum Gasteiger partial charge on any atom is 0.293 e. The van der Waals surface area contributed by atoms with Gasteiger partial charge in [-0.2, -0.15) is 4.98 Å². The predicted molar refractivity (Wildman–Crippen MR) is 74.9 cm³/mol. The molecule has 22 heavy (non-hydrogen) atoms. The molecule has 4 aromatic rings. The molecule has 0 aliphatic heterocycles. The number of hydrogen-bond acceptors (Lipinski definition) is 7. The molecule has 0 fully saturated rings. The van der Waals surface area contributed by atoms with Crippen molar-refractivity contribution in [3.05, 3.63) is 59.2 Å². The van der Waals surface area contributed by atoms with Gasteiger partial charge in [0.25, 0.3) is 11.4 Å². The SMILES string of the molecule is O=c1c2ncccc2ncn1Cc1noc(-c2ccco2)n1. The van der Waals surface area contributed by atoms with E-state index in [4.69, 9.17) is 8.94 Å². The fourth-order valence-electron chi connectivity index (χ4n) is 2.07. The van der Waals surface area contributed by atoms with Crippen molar-refractivity contribution in [3.8, 4) is 11.7 Å². The van der Waals surface area contributed by atoms with Gasteiger partial charge in [0, 0.05) is 6.20 Å². The first-order chi connectivity index (χ1) is 10.8. The molecule has 0 N–H and O–H groups in total. The van der Waals surface area contributed by atoms with Crippen LogP contribution in [0.4, 0.5) is 0 Å². The summed E-state index contributed by atoms with van der Waals surface area (Å²) in [6.45, 7) is 0.141. The summed E-state index contributed by atoms with van der Waals surface area (Å²) in [7, 11) is 0. The molecule has 0 saturated carbocycles. The van der Waals surface area contributed by atoms with E-state index in [2.05, 4.69) is 20.1 Å². The summed E-state index contributed by atoms with van der Waals surface area (Å²) in [6.07, 6.45) is 4.51. The average Bonchev–Trinajstić information content (AvgIpc) is 3.21. The lowest BCUT2D eigenvalue weighted by atomic mass is 10.3. The summed E-state index contributed by atoms with van der Waals surface area (Å²) in [4.78, 5) is 24.8. The van der Waals surface area contributed by atoms with E-state index in [-0.39, 0.29) is 18.0 Å². The normalized spacial score (nSPS) is 11.1. The highest BCUT2D eigenvalue weighted by Crippen LogP contribution is 2.17. The number of pyridine rings is 1. The van der Waals surface area contributed by atoms with Gasteiger partial charge in [0.05, 0.1) is 24.7 Å². The molecule has 0 aliphatic carbocycles. The highest BCUT2D eigenvalue weighted by atomic mass is 16.5. The van der Waals surface area contributed by atoms with Crippen LogP contribution in [-0.2, 0) is 6.54 Å². The van der Waals surface area contributed by atoms with Crippen LogP contribution >= 0.6 is 0 Å². The molecule has 8 nitrogen and oxygen atoms in total. The number of hydrogen-bond donors (Lipinski definition) is 0. The molecule has 0 bridgehead atoms. The van der Waals surface area contributed by atoms with Crippen LogP contribution in [0, 0.1) is 0 Å². The molecule has 0 atom stereocenters. The van der Waals surface area contributed by atoms with Crippen molar-refractivity contribution in [2.24, 2.45) is 0 Å². The fourth-order valence-corrected chi connectivity index (χ4v) is 2.07. The van der Waals surface area contributed by atoms with Gasteiger partial charge < -0.3 is 8.94 Å². The minimum atomic E-state index is -0.255. The predicted octanol–water partition coefficient (Wildman–Crippen LogP) is 1.48. The Hall–Kier alpha value is -3.29. The van der Waals surface area contributed by atoms with Gasteiger partial charge in [0.15, 0.2) is 17.1 Å². The Kier molecular flexibility index (Phi) is 2.78. The molecule has 0 amide bonds.